The molecule has 136 valence electrons. The van der Waals surface area contributed by atoms with Gasteiger partial charge in [-0.25, -0.2) is 0 Å². The summed E-state index contributed by atoms with van der Waals surface area (Å²) in [6.07, 6.45) is 9.38. The summed E-state index contributed by atoms with van der Waals surface area (Å²) in [6, 6.07) is 10.7. The summed E-state index contributed by atoms with van der Waals surface area (Å²) in [5.74, 6) is 0.908. The first kappa shape index (κ1) is 17.4. The largest absolute Gasteiger partial charge is 0.497 e. The minimum Gasteiger partial charge on any atom is -0.497 e. The number of H-pyrrole nitrogens is 1. The van der Waals surface area contributed by atoms with Crippen molar-refractivity contribution in [1.29, 1.82) is 0 Å². The van der Waals surface area contributed by atoms with E-state index in [2.05, 4.69) is 51.8 Å². The van der Waals surface area contributed by atoms with Gasteiger partial charge in [-0.1, -0.05) is 12.1 Å². The minimum absolute atomic E-state index is 0.908. The summed E-state index contributed by atoms with van der Waals surface area (Å²) >= 11 is 1.86. The molecule has 0 atom stereocenters. The Kier molecular flexibility index (Phi) is 5.42. The van der Waals surface area contributed by atoms with Crippen LogP contribution in [0.2, 0.25) is 0 Å². The first-order valence-corrected chi connectivity index (χ1v) is 10.3. The Bertz CT molecular complexity index is 879. The van der Waals surface area contributed by atoms with Gasteiger partial charge in [-0.15, -0.1) is 11.3 Å². The first-order chi connectivity index (χ1) is 12.8. The van der Waals surface area contributed by atoms with Crippen molar-refractivity contribution in [2.75, 3.05) is 26.7 Å². The number of benzene rings is 1. The molecule has 4 rings (SSSR count). The van der Waals surface area contributed by atoms with Gasteiger partial charge in [0.15, 0.2) is 0 Å². The number of thiophene rings is 1. The van der Waals surface area contributed by atoms with E-state index in [1.165, 1.54) is 59.3 Å². The Labute approximate surface area is 159 Å². The Hall–Kier alpha value is -2.04. The summed E-state index contributed by atoms with van der Waals surface area (Å²) in [6.45, 7) is 3.49. The fraction of sp³-hybridized carbons (Fsp3) is 0.364. The lowest BCUT2D eigenvalue weighted by atomic mass is 10.0. The van der Waals surface area contributed by atoms with Crippen molar-refractivity contribution in [1.82, 2.24) is 9.88 Å². The molecule has 4 heteroatoms. The van der Waals surface area contributed by atoms with E-state index in [9.17, 15) is 0 Å². The number of ether oxygens (including phenoxy) is 1. The van der Waals surface area contributed by atoms with Crippen molar-refractivity contribution in [3.8, 4) is 5.75 Å². The molecule has 0 spiro atoms. The molecular weight excluding hydrogens is 340 g/mol. The summed E-state index contributed by atoms with van der Waals surface area (Å²) in [5, 5.41) is 3.50. The van der Waals surface area contributed by atoms with Crippen LogP contribution in [0.15, 0.2) is 48.0 Å². The highest BCUT2D eigenvalue weighted by Gasteiger charge is 2.13. The predicted molar refractivity (Wildman–Crippen MR) is 111 cm³/mol. The van der Waals surface area contributed by atoms with Crippen molar-refractivity contribution < 1.29 is 4.74 Å². The standard InChI is InChI=1S/C22H26N2OS/c1-25-19-7-8-20-18(16-23-21(20)15-19)5-2-3-11-24-12-9-17(10-13-24)22-6-4-14-26-22/h4,6-9,14-16,23H,2-3,5,10-13H2,1H3. The zero-order valence-corrected chi connectivity index (χ0v) is 16.1. The average molecular weight is 367 g/mol. The molecule has 1 N–H and O–H groups in total. The zero-order chi connectivity index (χ0) is 17.8. The molecule has 0 aliphatic carbocycles. The molecule has 2 aromatic heterocycles. The zero-order valence-electron chi connectivity index (χ0n) is 15.3. The number of methoxy groups -OCH3 is 1. The predicted octanol–water partition coefficient (Wildman–Crippen LogP) is 5.35. The van der Waals surface area contributed by atoms with Crippen molar-refractivity contribution in [2.24, 2.45) is 0 Å². The molecule has 0 saturated carbocycles. The van der Waals surface area contributed by atoms with Crippen LogP contribution in [0.25, 0.3) is 16.5 Å². The van der Waals surface area contributed by atoms with Crippen LogP contribution in [0.4, 0.5) is 0 Å². The summed E-state index contributed by atoms with van der Waals surface area (Å²) in [7, 11) is 1.71. The van der Waals surface area contributed by atoms with Crippen molar-refractivity contribution in [2.45, 2.75) is 25.7 Å². The quantitative estimate of drug-likeness (QED) is 0.571. The molecule has 1 aromatic carbocycles. The van der Waals surface area contributed by atoms with E-state index in [0.29, 0.717) is 0 Å². The van der Waals surface area contributed by atoms with E-state index in [0.717, 1.165) is 18.7 Å². The van der Waals surface area contributed by atoms with Crippen LogP contribution >= 0.6 is 11.3 Å². The molecule has 26 heavy (non-hydrogen) atoms. The van der Waals surface area contributed by atoms with E-state index in [1.807, 2.05) is 17.4 Å². The molecule has 0 bridgehead atoms. The number of rotatable bonds is 7. The highest BCUT2D eigenvalue weighted by atomic mass is 32.1. The van der Waals surface area contributed by atoms with Crippen LogP contribution in [0.3, 0.4) is 0 Å². The summed E-state index contributed by atoms with van der Waals surface area (Å²) in [4.78, 5) is 7.40. The molecule has 3 nitrogen and oxygen atoms in total. The van der Waals surface area contributed by atoms with Gasteiger partial charge in [-0.05, 0) is 66.9 Å². The van der Waals surface area contributed by atoms with Gasteiger partial charge in [0.1, 0.15) is 5.75 Å². The topological polar surface area (TPSA) is 28.3 Å². The molecule has 0 radical (unpaired) electrons. The third-order valence-corrected chi connectivity index (χ3v) is 6.22. The maximum Gasteiger partial charge on any atom is 0.120 e. The van der Waals surface area contributed by atoms with Gasteiger partial charge in [0, 0.05) is 41.1 Å². The van der Waals surface area contributed by atoms with Gasteiger partial charge in [0.05, 0.1) is 7.11 Å². The molecule has 3 heterocycles. The van der Waals surface area contributed by atoms with Crippen LogP contribution in [0, 0.1) is 0 Å². The monoisotopic (exact) mass is 366 g/mol. The normalized spacial score (nSPS) is 15.3. The number of aromatic nitrogens is 1. The van der Waals surface area contributed by atoms with Gasteiger partial charge in [-0.2, -0.15) is 0 Å². The molecular formula is C22H26N2OS. The van der Waals surface area contributed by atoms with E-state index >= 15 is 0 Å². The molecule has 0 fully saturated rings. The van der Waals surface area contributed by atoms with Crippen LogP contribution in [0.1, 0.15) is 29.7 Å². The van der Waals surface area contributed by atoms with Gasteiger partial charge in [0.25, 0.3) is 0 Å². The number of nitrogens with zero attached hydrogens (tertiary/aromatic N) is 1. The highest BCUT2D eigenvalue weighted by molar-refractivity contribution is 7.11. The number of hydrogen-bond donors (Lipinski definition) is 1. The molecule has 0 saturated heterocycles. The summed E-state index contributed by atoms with van der Waals surface area (Å²) in [5.41, 5.74) is 4.12. The molecule has 0 unspecified atom stereocenters. The van der Waals surface area contributed by atoms with E-state index < -0.39 is 0 Å². The third kappa shape index (κ3) is 3.87. The van der Waals surface area contributed by atoms with Gasteiger partial charge in [-0.3, -0.25) is 4.90 Å². The fourth-order valence-electron chi connectivity index (χ4n) is 3.75. The maximum absolute atomic E-state index is 5.30. The second-order valence-corrected chi connectivity index (χ2v) is 7.89. The van der Waals surface area contributed by atoms with Gasteiger partial charge in [0.2, 0.25) is 0 Å². The van der Waals surface area contributed by atoms with E-state index in [-0.39, 0.29) is 0 Å². The van der Waals surface area contributed by atoms with Crippen molar-refractivity contribution in [3.05, 3.63) is 58.4 Å². The molecule has 1 aliphatic rings. The fourth-order valence-corrected chi connectivity index (χ4v) is 4.55. The number of nitrogens with one attached hydrogen (secondary N) is 1. The van der Waals surface area contributed by atoms with E-state index in [1.54, 1.807) is 7.11 Å². The first-order valence-electron chi connectivity index (χ1n) is 9.43. The van der Waals surface area contributed by atoms with Gasteiger partial charge >= 0.3 is 0 Å². The van der Waals surface area contributed by atoms with Crippen molar-refractivity contribution >= 4 is 27.8 Å². The molecule has 0 amide bonds. The average Bonchev–Trinajstić information content (AvgIpc) is 3.35. The number of aromatic amines is 1. The second-order valence-electron chi connectivity index (χ2n) is 6.94. The lowest BCUT2D eigenvalue weighted by molar-refractivity contribution is 0.295. The van der Waals surface area contributed by atoms with E-state index in [4.69, 9.17) is 4.74 Å². The second kappa shape index (κ2) is 8.11. The van der Waals surface area contributed by atoms with Gasteiger partial charge < -0.3 is 9.72 Å². The van der Waals surface area contributed by atoms with Crippen LogP contribution in [0.5, 0.6) is 5.75 Å². The van der Waals surface area contributed by atoms with Crippen LogP contribution in [-0.2, 0) is 6.42 Å². The van der Waals surface area contributed by atoms with Crippen LogP contribution in [-0.4, -0.2) is 36.6 Å². The molecule has 1 aliphatic heterocycles. The number of unbranched alkanes of at least 4 members (excludes halogenated alkanes) is 1. The lowest BCUT2D eigenvalue weighted by Gasteiger charge is -2.25. The lowest BCUT2D eigenvalue weighted by Crippen LogP contribution is -2.29. The minimum atomic E-state index is 0.908. The smallest absolute Gasteiger partial charge is 0.120 e. The molecule has 3 aromatic rings. The highest BCUT2D eigenvalue weighted by Crippen LogP contribution is 2.27. The Morgan fingerprint density at radius 1 is 1.23 bits per heavy atom. The number of fused-ring (bicyclic) bond motifs is 1. The summed E-state index contributed by atoms with van der Waals surface area (Å²) < 4.78 is 5.30. The SMILES string of the molecule is COc1ccc2c(CCCCN3CC=C(c4cccs4)CC3)c[nH]c2c1. The third-order valence-electron chi connectivity index (χ3n) is 5.28. The number of hydrogen-bond acceptors (Lipinski definition) is 3. The Morgan fingerprint density at radius 2 is 2.19 bits per heavy atom. The Morgan fingerprint density at radius 3 is 2.96 bits per heavy atom. The van der Waals surface area contributed by atoms with Crippen LogP contribution < -0.4 is 4.74 Å². The Balaban J connectivity index is 1.25. The van der Waals surface area contributed by atoms with Crippen molar-refractivity contribution in [3.63, 3.8) is 0 Å². The maximum atomic E-state index is 5.30. The number of aryl methyl sites for hydroxylation is 1.